The van der Waals surface area contributed by atoms with Gasteiger partial charge in [0.25, 0.3) is 22.9 Å². The SMILES string of the molecule is O=C(c1ccoc1)n1nc(-c2cccn(Cc3ccccn3)c2=O)cc1NCc1ccc(Cl)s1.O=C(c1ccoc1)n1nc(-c2cccn(Cc3ccco3)c2=O)cc1NCc1ccc(Cl)s1. The number of aromatic nitrogens is 7. The Morgan fingerprint density at radius 3 is 1.61 bits per heavy atom. The molecule has 20 heteroatoms. The Balaban J connectivity index is 0.000000168. The van der Waals surface area contributed by atoms with Gasteiger partial charge in [-0.3, -0.25) is 24.2 Å². The third-order valence-corrected chi connectivity index (χ3v) is 12.5. The van der Waals surface area contributed by atoms with Gasteiger partial charge in [-0.1, -0.05) is 29.3 Å². The van der Waals surface area contributed by atoms with Crippen molar-refractivity contribution < 1.29 is 22.8 Å². The Kier molecular flexibility index (Phi) is 13.4. The third-order valence-electron chi connectivity index (χ3n) is 10.0. The molecule has 336 valence electrons. The fraction of sp³-hybridized carbons (Fsp3) is 0.0851. The first-order chi connectivity index (χ1) is 32.7. The molecular weight excluding hydrogens is 938 g/mol. The van der Waals surface area contributed by atoms with E-state index in [9.17, 15) is 19.2 Å². The topological polar surface area (TPSA) is 190 Å². The number of anilines is 2. The minimum Gasteiger partial charge on any atom is -0.472 e. The molecule has 0 amide bonds. The predicted molar refractivity (Wildman–Crippen MR) is 255 cm³/mol. The highest BCUT2D eigenvalue weighted by molar-refractivity contribution is 7.16. The number of hydrogen-bond donors (Lipinski definition) is 2. The van der Waals surface area contributed by atoms with Crippen LogP contribution in [-0.2, 0) is 26.2 Å². The maximum absolute atomic E-state index is 13.2. The van der Waals surface area contributed by atoms with Crippen LogP contribution in [0.15, 0.2) is 176 Å². The molecule has 10 aromatic heterocycles. The van der Waals surface area contributed by atoms with Gasteiger partial charge in [-0.15, -0.1) is 22.7 Å². The zero-order valence-corrected chi connectivity index (χ0v) is 38.0. The van der Waals surface area contributed by atoms with Gasteiger partial charge in [0.05, 0.1) is 81.6 Å². The maximum atomic E-state index is 13.2. The molecule has 2 N–H and O–H groups in total. The molecule has 0 saturated carbocycles. The van der Waals surface area contributed by atoms with Gasteiger partial charge in [-0.25, -0.2) is 0 Å². The van der Waals surface area contributed by atoms with Crippen LogP contribution < -0.4 is 21.8 Å². The fourth-order valence-corrected chi connectivity index (χ4v) is 8.86. The number of pyridine rings is 3. The first-order valence-electron chi connectivity index (χ1n) is 20.3. The summed E-state index contributed by atoms with van der Waals surface area (Å²) in [5.74, 6) is 0.795. The Bertz CT molecular complexity index is 3390. The number of nitrogens with one attached hydrogen (secondary N) is 2. The minimum atomic E-state index is -0.381. The van der Waals surface area contributed by atoms with E-state index in [1.807, 2.05) is 42.5 Å². The van der Waals surface area contributed by atoms with Gasteiger partial charge in [0.2, 0.25) is 0 Å². The number of furan rings is 3. The fourth-order valence-electron chi connectivity index (χ4n) is 6.80. The van der Waals surface area contributed by atoms with E-state index in [1.165, 1.54) is 61.7 Å². The van der Waals surface area contributed by atoms with E-state index in [4.69, 9.17) is 36.5 Å². The normalized spacial score (nSPS) is 11.0. The lowest BCUT2D eigenvalue weighted by atomic mass is 10.2. The number of hydrogen-bond acceptors (Lipinski definition) is 14. The van der Waals surface area contributed by atoms with E-state index in [-0.39, 0.29) is 22.9 Å². The van der Waals surface area contributed by atoms with Gasteiger partial charge in [-0.2, -0.15) is 19.6 Å². The van der Waals surface area contributed by atoms with Gasteiger partial charge < -0.3 is 33.0 Å². The summed E-state index contributed by atoms with van der Waals surface area (Å²) in [4.78, 5) is 58.7. The zero-order chi connectivity index (χ0) is 46.3. The average Bonchev–Trinajstić information content (AvgIpc) is 4.19. The Hall–Kier alpha value is -7.77. The van der Waals surface area contributed by atoms with Crippen molar-refractivity contribution in [2.45, 2.75) is 26.2 Å². The molecule has 0 unspecified atom stereocenters. The first-order valence-corrected chi connectivity index (χ1v) is 22.7. The van der Waals surface area contributed by atoms with Crippen molar-refractivity contribution in [1.82, 2.24) is 33.7 Å². The van der Waals surface area contributed by atoms with E-state index in [0.717, 1.165) is 15.4 Å². The summed E-state index contributed by atoms with van der Waals surface area (Å²) in [5.41, 5.74) is 2.47. The van der Waals surface area contributed by atoms with E-state index in [0.29, 0.717) is 85.9 Å². The third kappa shape index (κ3) is 10.4. The molecule has 10 rings (SSSR count). The molecule has 0 aromatic carbocycles. The average molecular weight is 973 g/mol. The highest BCUT2D eigenvalue weighted by atomic mass is 35.5. The van der Waals surface area contributed by atoms with Crippen molar-refractivity contribution in [2.75, 3.05) is 10.6 Å². The Morgan fingerprint density at radius 1 is 0.612 bits per heavy atom. The highest BCUT2D eigenvalue weighted by Crippen LogP contribution is 2.27. The summed E-state index contributed by atoms with van der Waals surface area (Å²) >= 11 is 14.9. The number of halogens is 2. The smallest absolute Gasteiger partial charge is 0.283 e. The van der Waals surface area contributed by atoms with Crippen LogP contribution in [0.25, 0.3) is 22.5 Å². The first kappa shape index (κ1) is 44.4. The summed E-state index contributed by atoms with van der Waals surface area (Å²) in [6.07, 6.45) is 12.2. The van der Waals surface area contributed by atoms with Gasteiger partial charge in [0, 0.05) is 40.5 Å². The van der Waals surface area contributed by atoms with E-state index < -0.39 is 0 Å². The van der Waals surface area contributed by atoms with Gasteiger partial charge in [0.15, 0.2) is 0 Å². The molecule has 0 aliphatic heterocycles. The lowest BCUT2D eigenvalue weighted by molar-refractivity contribution is 0.0939. The standard InChI is InChI=1S/C24H18ClN5O3S.C23H17ClN4O4S/c25-21-7-6-18(34-21)13-27-22-12-20(28-30(22)23(31)16-8-11-33-15-16)19-5-3-10-29(24(19)32)14-17-4-1-2-9-26-17;24-20-6-5-17(33-20)12-25-21-11-19(26-28(21)22(29)15-7-10-31-14-15)18-4-1-8-27(23(18)30)13-16-3-2-9-32-16/h1-12,15,27H,13-14H2;1-11,14,25H,12-13H2. The number of carbonyl (C=O) groups excluding carboxylic acids is 2. The summed E-state index contributed by atoms with van der Waals surface area (Å²) in [6, 6.07) is 30.0. The monoisotopic (exact) mass is 971 g/mol. The minimum absolute atomic E-state index is 0.231. The Labute approximate surface area is 397 Å². The predicted octanol–water partition coefficient (Wildman–Crippen LogP) is 9.73. The zero-order valence-electron chi connectivity index (χ0n) is 34.8. The second-order valence-electron chi connectivity index (χ2n) is 14.5. The van der Waals surface area contributed by atoms with Crippen LogP contribution in [0.3, 0.4) is 0 Å². The Morgan fingerprint density at radius 2 is 1.16 bits per heavy atom. The maximum Gasteiger partial charge on any atom is 0.283 e. The summed E-state index contributed by atoms with van der Waals surface area (Å²) in [7, 11) is 0. The molecule has 0 atom stereocenters. The quantitative estimate of drug-likeness (QED) is 0.105. The molecule has 0 fully saturated rings. The molecule has 67 heavy (non-hydrogen) atoms. The van der Waals surface area contributed by atoms with Crippen molar-refractivity contribution in [3.05, 3.63) is 215 Å². The van der Waals surface area contributed by atoms with Crippen LogP contribution in [0, 0.1) is 0 Å². The van der Waals surface area contributed by atoms with Crippen LogP contribution in [-0.4, -0.2) is 45.5 Å². The summed E-state index contributed by atoms with van der Waals surface area (Å²) in [5, 5.41) is 15.4. The van der Waals surface area contributed by atoms with E-state index >= 15 is 0 Å². The molecule has 0 aliphatic carbocycles. The molecular formula is C47H35Cl2N9O7S2. The highest BCUT2D eigenvalue weighted by Gasteiger charge is 2.22. The van der Waals surface area contributed by atoms with Crippen LogP contribution in [0.2, 0.25) is 8.67 Å². The van der Waals surface area contributed by atoms with Crippen molar-refractivity contribution in [2.24, 2.45) is 0 Å². The molecule has 10 aromatic rings. The lowest BCUT2D eigenvalue weighted by Crippen LogP contribution is -2.22. The molecule has 0 saturated heterocycles. The van der Waals surface area contributed by atoms with Gasteiger partial charge >= 0.3 is 0 Å². The number of carbonyl (C=O) groups is 2. The second-order valence-corrected chi connectivity index (χ2v) is 18.1. The number of rotatable bonds is 14. The molecule has 10 heterocycles. The van der Waals surface area contributed by atoms with Crippen molar-refractivity contribution >= 4 is 69.3 Å². The molecule has 0 radical (unpaired) electrons. The van der Waals surface area contributed by atoms with E-state index in [2.05, 4.69) is 25.8 Å². The van der Waals surface area contributed by atoms with Crippen LogP contribution in [0.5, 0.6) is 0 Å². The number of nitrogens with zero attached hydrogens (tertiary/aromatic N) is 7. The molecule has 16 nitrogen and oxygen atoms in total. The second kappa shape index (κ2) is 20.2. The van der Waals surface area contributed by atoms with Crippen molar-refractivity contribution in [1.29, 1.82) is 0 Å². The molecule has 0 spiro atoms. The largest absolute Gasteiger partial charge is 0.472 e. The van der Waals surface area contributed by atoms with Gasteiger partial charge in [0.1, 0.15) is 41.3 Å². The van der Waals surface area contributed by atoms with Crippen LogP contribution in [0.4, 0.5) is 11.6 Å². The van der Waals surface area contributed by atoms with E-state index in [1.54, 1.807) is 90.1 Å². The summed E-state index contributed by atoms with van der Waals surface area (Å²) in [6.45, 7) is 1.50. The van der Waals surface area contributed by atoms with Crippen molar-refractivity contribution in [3.63, 3.8) is 0 Å². The lowest BCUT2D eigenvalue weighted by Gasteiger charge is -2.06. The summed E-state index contributed by atoms with van der Waals surface area (Å²) < 4.78 is 22.4. The van der Waals surface area contributed by atoms with Crippen LogP contribution in [0.1, 0.15) is 41.9 Å². The number of thiophene rings is 2. The van der Waals surface area contributed by atoms with Crippen LogP contribution >= 0.6 is 45.9 Å². The molecule has 0 bridgehead atoms. The van der Waals surface area contributed by atoms with Crippen molar-refractivity contribution in [3.8, 4) is 22.5 Å². The molecule has 0 aliphatic rings. The van der Waals surface area contributed by atoms with Gasteiger partial charge in [-0.05, 0) is 84.9 Å².